The molecule has 2 rings (SSSR count). The summed E-state index contributed by atoms with van der Waals surface area (Å²) in [5.74, 6) is 0. The first-order valence-electron chi connectivity index (χ1n) is 6.40. The molecule has 0 aliphatic carbocycles. The standard InChI is InChI=1S/C14H20N2O/c17-12-15-14-6-4-13(5-7-14)8-11-16-9-2-1-3-10-16/h4-7,12H,1-3,8-11H2,(H,15,17). The summed E-state index contributed by atoms with van der Waals surface area (Å²) in [5, 5.41) is 2.65. The van der Waals surface area contributed by atoms with Crippen LogP contribution in [0.25, 0.3) is 0 Å². The number of piperidine rings is 1. The van der Waals surface area contributed by atoms with E-state index in [2.05, 4.69) is 22.3 Å². The second-order valence-electron chi connectivity index (χ2n) is 4.61. The summed E-state index contributed by atoms with van der Waals surface area (Å²) < 4.78 is 0. The molecule has 1 aliphatic heterocycles. The van der Waals surface area contributed by atoms with Gasteiger partial charge in [-0.05, 0) is 50.0 Å². The lowest BCUT2D eigenvalue weighted by molar-refractivity contribution is -0.105. The van der Waals surface area contributed by atoms with Gasteiger partial charge in [-0.25, -0.2) is 0 Å². The Morgan fingerprint density at radius 3 is 2.47 bits per heavy atom. The number of carbonyl (C=O) groups excluding carboxylic acids is 1. The third-order valence-corrected chi connectivity index (χ3v) is 3.34. The minimum Gasteiger partial charge on any atom is -0.329 e. The number of carbonyl (C=O) groups is 1. The molecular formula is C14H20N2O. The van der Waals surface area contributed by atoms with Crippen LogP contribution >= 0.6 is 0 Å². The van der Waals surface area contributed by atoms with Crippen LogP contribution < -0.4 is 5.32 Å². The molecule has 1 heterocycles. The van der Waals surface area contributed by atoms with E-state index >= 15 is 0 Å². The van der Waals surface area contributed by atoms with Gasteiger partial charge in [-0.15, -0.1) is 0 Å². The molecule has 1 saturated heterocycles. The maximum atomic E-state index is 10.3. The summed E-state index contributed by atoms with van der Waals surface area (Å²) in [6.45, 7) is 3.66. The summed E-state index contributed by atoms with van der Waals surface area (Å²) in [6, 6.07) is 8.10. The molecule has 0 unspecified atom stereocenters. The van der Waals surface area contributed by atoms with Crippen molar-refractivity contribution in [3.63, 3.8) is 0 Å². The maximum absolute atomic E-state index is 10.3. The number of amides is 1. The SMILES string of the molecule is O=CNc1ccc(CCN2CCCCC2)cc1. The number of nitrogens with zero attached hydrogens (tertiary/aromatic N) is 1. The Bertz CT molecular complexity index is 342. The van der Waals surface area contributed by atoms with Gasteiger partial charge in [0.25, 0.3) is 0 Å². The van der Waals surface area contributed by atoms with Gasteiger partial charge in [0.15, 0.2) is 0 Å². The second-order valence-corrected chi connectivity index (χ2v) is 4.61. The van der Waals surface area contributed by atoms with Gasteiger partial charge in [-0.2, -0.15) is 0 Å². The second kappa shape index (κ2) is 6.40. The Balaban J connectivity index is 1.79. The average molecular weight is 232 g/mol. The largest absolute Gasteiger partial charge is 0.329 e. The van der Waals surface area contributed by atoms with Gasteiger partial charge >= 0.3 is 0 Å². The smallest absolute Gasteiger partial charge is 0.211 e. The van der Waals surface area contributed by atoms with Crippen molar-refractivity contribution in [3.05, 3.63) is 29.8 Å². The molecule has 17 heavy (non-hydrogen) atoms. The minimum absolute atomic E-state index is 0.711. The van der Waals surface area contributed by atoms with E-state index in [-0.39, 0.29) is 0 Å². The highest BCUT2D eigenvalue weighted by molar-refractivity contribution is 5.70. The topological polar surface area (TPSA) is 32.3 Å². The maximum Gasteiger partial charge on any atom is 0.211 e. The zero-order valence-corrected chi connectivity index (χ0v) is 10.2. The summed E-state index contributed by atoms with van der Waals surface area (Å²) in [4.78, 5) is 12.8. The summed E-state index contributed by atoms with van der Waals surface area (Å²) in [7, 11) is 0. The van der Waals surface area contributed by atoms with Crippen LogP contribution in [0.4, 0.5) is 5.69 Å². The Morgan fingerprint density at radius 1 is 1.12 bits per heavy atom. The Labute approximate surface area is 103 Å². The average Bonchev–Trinajstić information content (AvgIpc) is 2.40. The van der Waals surface area contributed by atoms with Gasteiger partial charge in [0.1, 0.15) is 0 Å². The van der Waals surface area contributed by atoms with Crippen LogP contribution in [0.15, 0.2) is 24.3 Å². The van der Waals surface area contributed by atoms with Gasteiger partial charge in [-0.3, -0.25) is 4.79 Å². The van der Waals surface area contributed by atoms with Crippen molar-refractivity contribution in [2.75, 3.05) is 25.0 Å². The number of anilines is 1. The minimum atomic E-state index is 0.711. The number of nitrogens with one attached hydrogen (secondary N) is 1. The fourth-order valence-electron chi connectivity index (χ4n) is 2.31. The molecule has 1 aromatic rings. The van der Waals surface area contributed by atoms with Crippen molar-refractivity contribution in [3.8, 4) is 0 Å². The first kappa shape index (κ1) is 12.1. The highest BCUT2D eigenvalue weighted by Crippen LogP contribution is 2.12. The van der Waals surface area contributed by atoms with Crippen molar-refractivity contribution >= 4 is 12.1 Å². The summed E-state index contributed by atoms with van der Waals surface area (Å²) >= 11 is 0. The van der Waals surface area contributed by atoms with Crippen molar-refractivity contribution in [1.82, 2.24) is 4.90 Å². The van der Waals surface area contributed by atoms with E-state index in [9.17, 15) is 4.79 Å². The fourth-order valence-corrected chi connectivity index (χ4v) is 2.31. The van der Waals surface area contributed by atoms with Crippen LogP contribution in [0.1, 0.15) is 24.8 Å². The molecule has 3 heteroatoms. The molecule has 0 bridgehead atoms. The molecular weight excluding hydrogens is 212 g/mol. The molecule has 0 radical (unpaired) electrons. The Kier molecular flexibility index (Phi) is 4.56. The number of hydrogen-bond acceptors (Lipinski definition) is 2. The van der Waals surface area contributed by atoms with Crippen LogP contribution in [-0.4, -0.2) is 30.9 Å². The molecule has 0 atom stereocenters. The van der Waals surface area contributed by atoms with Crippen molar-refractivity contribution < 1.29 is 4.79 Å². The van der Waals surface area contributed by atoms with Crippen molar-refractivity contribution in [2.24, 2.45) is 0 Å². The van der Waals surface area contributed by atoms with Gasteiger partial charge in [-0.1, -0.05) is 18.6 Å². The molecule has 92 valence electrons. The first-order valence-corrected chi connectivity index (χ1v) is 6.40. The lowest BCUT2D eigenvalue weighted by atomic mass is 10.1. The summed E-state index contributed by atoms with van der Waals surface area (Å²) in [5.41, 5.74) is 2.20. The molecule has 0 spiro atoms. The highest BCUT2D eigenvalue weighted by Gasteiger charge is 2.09. The quantitative estimate of drug-likeness (QED) is 0.790. The molecule has 1 aliphatic rings. The normalized spacial score (nSPS) is 16.7. The van der Waals surface area contributed by atoms with E-state index in [1.807, 2.05) is 12.1 Å². The fraction of sp³-hybridized carbons (Fsp3) is 0.500. The number of rotatable bonds is 5. The lowest BCUT2D eigenvalue weighted by Crippen LogP contribution is -2.31. The third kappa shape index (κ3) is 3.86. The van der Waals surface area contributed by atoms with Crippen LogP contribution in [0, 0.1) is 0 Å². The van der Waals surface area contributed by atoms with Gasteiger partial charge in [0.05, 0.1) is 0 Å². The van der Waals surface area contributed by atoms with Gasteiger partial charge < -0.3 is 10.2 Å². The van der Waals surface area contributed by atoms with Crippen LogP contribution in [0.2, 0.25) is 0 Å². The van der Waals surface area contributed by atoms with E-state index in [4.69, 9.17) is 0 Å². The van der Waals surface area contributed by atoms with Crippen molar-refractivity contribution in [1.29, 1.82) is 0 Å². The molecule has 1 amide bonds. The van der Waals surface area contributed by atoms with Crippen LogP contribution in [0.3, 0.4) is 0 Å². The molecule has 1 aromatic carbocycles. The van der Waals surface area contributed by atoms with Gasteiger partial charge in [0, 0.05) is 12.2 Å². The van der Waals surface area contributed by atoms with E-state index < -0.39 is 0 Å². The summed E-state index contributed by atoms with van der Waals surface area (Å²) in [6.07, 6.45) is 5.90. The predicted octanol–water partition coefficient (Wildman–Crippen LogP) is 2.28. The molecule has 3 nitrogen and oxygen atoms in total. The van der Waals surface area contributed by atoms with E-state index in [1.54, 1.807) is 0 Å². The molecule has 1 fully saturated rings. The van der Waals surface area contributed by atoms with Gasteiger partial charge in [0.2, 0.25) is 6.41 Å². The number of benzene rings is 1. The highest BCUT2D eigenvalue weighted by atomic mass is 16.1. The monoisotopic (exact) mass is 232 g/mol. The molecule has 1 N–H and O–H groups in total. The predicted molar refractivity (Wildman–Crippen MR) is 70.1 cm³/mol. The third-order valence-electron chi connectivity index (χ3n) is 3.34. The number of hydrogen-bond donors (Lipinski definition) is 1. The number of likely N-dealkylation sites (tertiary alicyclic amines) is 1. The Hall–Kier alpha value is -1.35. The zero-order chi connectivity index (χ0) is 11.9. The van der Waals surface area contributed by atoms with E-state index in [0.29, 0.717) is 6.41 Å². The van der Waals surface area contributed by atoms with E-state index in [1.165, 1.54) is 37.9 Å². The molecule has 0 aromatic heterocycles. The van der Waals surface area contributed by atoms with Crippen LogP contribution in [-0.2, 0) is 11.2 Å². The molecule has 0 saturated carbocycles. The van der Waals surface area contributed by atoms with E-state index in [0.717, 1.165) is 18.7 Å². The van der Waals surface area contributed by atoms with Crippen LogP contribution in [0.5, 0.6) is 0 Å². The van der Waals surface area contributed by atoms with Crippen molar-refractivity contribution in [2.45, 2.75) is 25.7 Å². The Morgan fingerprint density at radius 2 is 1.82 bits per heavy atom. The zero-order valence-electron chi connectivity index (χ0n) is 10.2. The first-order chi connectivity index (χ1) is 8.38. The lowest BCUT2D eigenvalue weighted by Gasteiger charge is -2.26.